The second kappa shape index (κ2) is 6.68. The Kier molecular flexibility index (Phi) is 5.20. The highest BCUT2D eigenvalue weighted by molar-refractivity contribution is 5.88. The normalized spacial score (nSPS) is 11.1. The van der Waals surface area contributed by atoms with Crippen molar-refractivity contribution < 1.29 is 9.53 Å². The van der Waals surface area contributed by atoms with E-state index in [1.807, 2.05) is 26.0 Å². The molecule has 17 heavy (non-hydrogen) atoms. The molecule has 92 valence electrons. The number of ether oxygens (including phenoxy) is 1. The molecule has 1 N–H and O–H groups in total. The number of nitrogens with one attached hydrogen (secondary N) is 1. The summed E-state index contributed by atoms with van der Waals surface area (Å²) in [7, 11) is 0. The summed E-state index contributed by atoms with van der Waals surface area (Å²) in [6.07, 6.45) is 4.03. The molecule has 0 unspecified atom stereocenters. The van der Waals surface area contributed by atoms with Gasteiger partial charge in [0.05, 0.1) is 24.1 Å². The Hall–Kier alpha value is -1.84. The van der Waals surface area contributed by atoms with Crippen molar-refractivity contribution in [1.29, 1.82) is 0 Å². The van der Waals surface area contributed by atoms with Gasteiger partial charge in [-0.2, -0.15) is 0 Å². The number of hydrogen-bond donors (Lipinski definition) is 1. The molecule has 0 atom stereocenters. The molecular formula is C13H18N2O2. The van der Waals surface area contributed by atoms with E-state index < -0.39 is 0 Å². The average molecular weight is 234 g/mol. The van der Waals surface area contributed by atoms with Crippen LogP contribution >= 0.6 is 0 Å². The largest absolute Gasteiger partial charge is 0.463 e. The number of anilines is 1. The number of hydrogen-bond acceptors (Lipinski definition) is 4. The van der Waals surface area contributed by atoms with E-state index in [1.54, 1.807) is 19.3 Å². The molecule has 1 rings (SSSR count). The standard InChI is InChI=1S/C13H18N2O2/c1-4-11(13(16)17-5-2)8-15-12-7-6-10(3)14-9-12/h6-9,15H,4-5H2,1-3H3/b11-8+. The lowest BCUT2D eigenvalue weighted by Gasteiger charge is -2.06. The predicted octanol–water partition coefficient (Wildman–Crippen LogP) is 2.66. The van der Waals surface area contributed by atoms with E-state index in [9.17, 15) is 4.79 Å². The van der Waals surface area contributed by atoms with Crippen molar-refractivity contribution in [1.82, 2.24) is 4.98 Å². The van der Waals surface area contributed by atoms with Crippen LogP contribution in [0.4, 0.5) is 5.69 Å². The maximum atomic E-state index is 11.5. The average Bonchev–Trinajstić information content (AvgIpc) is 2.32. The molecule has 1 aromatic heterocycles. The van der Waals surface area contributed by atoms with Gasteiger partial charge < -0.3 is 10.1 Å². The number of rotatable bonds is 5. The van der Waals surface area contributed by atoms with Crippen LogP contribution in [-0.2, 0) is 9.53 Å². The summed E-state index contributed by atoms with van der Waals surface area (Å²) in [5, 5.41) is 3.04. The van der Waals surface area contributed by atoms with E-state index in [4.69, 9.17) is 4.74 Å². The van der Waals surface area contributed by atoms with Gasteiger partial charge in [0.1, 0.15) is 0 Å². The second-order valence-corrected chi connectivity index (χ2v) is 3.58. The van der Waals surface area contributed by atoms with Crippen LogP contribution in [0.3, 0.4) is 0 Å². The summed E-state index contributed by atoms with van der Waals surface area (Å²) in [6, 6.07) is 3.82. The maximum Gasteiger partial charge on any atom is 0.335 e. The Bertz CT molecular complexity index is 396. The lowest BCUT2D eigenvalue weighted by Crippen LogP contribution is -2.08. The van der Waals surface area contributed by atoms with Gasteiger partial charge in [0, 0.05) is 11.9 Å². The fraction of sp³-hybridized carbons (Fsp3) is 0.385. The molecule has 4 nitrogen and oxygen atoms in total. The number of aryl methyl sites for hydroxylation is 1. The number of carbonyl (C=O) groups excluding carboxylic acids is 1. The minimum Gasteiger partial charge on any atom is -0.463 e. The van der Waals surface area contributed by atoms with Crippen LogP contribution in [0.2, 0.25) is 0 Å². The second-order valence-electron chi connectivity index (χ2n) is 3.58. The Morgan fingerprint density at radius 1 is 1.47 bits per heavy atom. The molecule has 4 heteroatoms. The summed E-state index contributed by atoms with van der Waals surface area (Å²) < 4.78 is 4.94. The van der Waals surface area contributed by atoms with Gasteiger partial charge in [0.15, 0.2) is 0 Å². The third-order valence-electron chi connectivity index (χ3n) is 2.24. The van der Waals surface area contributed by atoms with Crippen LogP contribution < -0.4 is 5.32 Å². The highest BCUT2D eigenvalue weighted by atomic mass is 16.5. The van der Waals surface area contributed by atoms with Gasteiger partial charge in [-0.3, -0.25) is 4.98 Å². The smallest absolute Gasteiger partial charge is 0.335 e. The summed E-state index contributed by atoms with van der Waals surface area (Å²) in [6.45, 7) is 6.03. The van der Waals surface area contributed by atoms with Crippen LogP contribution in [0.1, 0.15) is 26.0 Å². The topological polar surface area (TPSA) is 51.2 Å². The molecule has 0 aliphatic carbocycles. The van der Waals surface area contributed by atoms with Gasteiger partial charge in [0.25, 0.3) is 0 Å². The van der Waals surface area contributed by atoms with Crippen LogP contribution in [0.25, 0.3) is 0 Å². The molecule has 0 saturated carbocycles. The van der Waals surface area contributed by atoms with Crippen LogP contribution in [0, 0.1) is 6.92 Å². The molecular weight excluding hydrogens is 216 g/mol. The SMILES string of the molecule is CCOC(=O)/C(=C/Nc1ccc(C)nc1)CC. The van der Waals surface area contributed by atoms with Crippen LogP contribution in [0.15, 0.2) is 30.1 Å². The van der Waals surface area contributed by atoms with Gasteiger partial charge in [-0.1, -0.05) is 6.92 Å². The Morgan fingerprint density at radius 3 is 2.76 bits per heavy atom. The van der Waals surface area contributed by atoms with Crippen molar-refractivity contribution in [2.24, 2.45) is 0 Å². The van der Waals surface area contributed by atoms with E-state index in [1.165, 1.54) is 0 Å². The van der Waals surface area contributed by atoms with Crippen molar-refractivity contribution in [3.8, 4) is 0 Å². The van der Waals surface area contributed by atoms with Crippen LogP contribution in [-0.4, -0.2) is 17.6 Å². The van der Waals surface area contributed by atoms with Crippen molar-refractivity contribution in [2.45, 2.75) is 27.2 Å². The van der Waals surface area contributed by atoms with Crippen molar-refractivity contribution in [2.75, 3.05) is 11.9 Å². The first-order chi connectivity index (χ1) is 8.17. The van der Waals surface area contributed by atoms with E-state index in [0.29, 0.717) is 18.6 Å². The van der Waals surface area contributed by atoms with Crippen LogP contribution in [0.5, 0.6) is 0 Å². The highest BCUT2D eigenvalue weighted by Crippen LogP contribution is 2.08. The lowest BCUT2D eigenvalue weighted by molar-refractivity contribution is -0.138. The lowest BCUT2D eigenvalue weighted by atomic mass is 10.2. The third kappa shape index (κ3) is 4.26. The van der Waals surface area contributed by atoms with Gasteiger partial charge in [-0.05, 0) is 32.4 Å². The number of esters is 1. The molecule has 0 aliphatic heterocycles. The summed E-state index contributed by atoms with van der Waals surface area (Å²) in [5.74, 6) is -0.275. The van der Waals surface area contributed by atoms with Crippen molar-refractivity contribution >= 4 is 11.7 Å². The molecule has 0 aromatic carbocycles. The summed E-state index contributed by atoms with van der Waals surface area (Å²) >= 11 is 0. The minimum atomic E-state index is -0.275. The number of pyridine rings is 1. The third-order valence-corrected chi connectivity index (χ3v) is 2.24. The number of aromatic nitrogens is 1. The van der Waals surface area contributed by atoms with Gasteiger partial charge in [-0.15, -0.1) is 0 Å². The Labute approximate surface area is 102 Å². The fourth-order valence-electron chi connectivity index (χ4n) is 1.25. The molecule has 0 bridgehead atoms. The molecule has 1 aromatic rings. The van der Waals surface area contributed by atoms with E-state index in [2.05, 4.69) is 10.3 Å². The summed E-state index contributed by atoms with van der Waals surface area (Å²) in [4.78, 5) is 15.7. The molecule has 0 aliphatic rings. The van der Waals surface area contributed by atoms with E-state index in [0.717, 1.165) is 11.4 Å². The Morgan fingerprint density at radius 2 is 2.24 bits per heavy atom. The predicted molar refractivity (Wildman–Crippen MR) is 67.6 cm³/mol. The number of carbonyl (C=O) groups is 1. The molecule has 0 saturated heterocycles. The summed E-state index contributed by atoms with van der Waals surface area (Å²) in [5.41, 5.74) is 2.43. The molecule has 0 radical (unpaired) electrons. The van der Waals surface area contributed by atoms with Gasteiger partial charge in [0.2, 0.25) is 0 Å². The first-order valence-corrected chi connectivity index (χ1v) is 5.72. The van der Waals surface area contributed by atoms with Gasteiger partial charge in [-0.25, -0.2) is 4.79 Å². The Balaban J connectivity index is 2.67. The minimum absolute atomic E-state index is 0.275. The van der Waals surface area contributed by atoms with Crippen molar-refractivity contribution in [3.05, 3.63) is 35.8 Å². The maximum absolute atomic E-state index is 11.5. The van der Waals surface area contributed by atoms with Crippen molar-refractivity contribution in [3.63, 3.8) is 0 Å². The first kappa shape index (κ1) is 13.2. The molecule has 0 spiro atoms. The fourth-order valence-corrected chi connectivity index (χ4v) is 1.25. The van der Waals surface area contributed by atoms with E-state index in [-0.39, 0.29) is 5.97 Å². The zero-order chi connectivity index (χ0) is 12.7. The first-order valence-electron chi connectivity index (χ1n) is 5.72. The zero-order valence-corrected chi connectivity index (χ0v) is 10.5. The quantitative estimate of drug-likeness (QED) is 0.628. The number of nitrogens with zero attached hydrogens (tertiary/aromatic N) is 1. The molecule has 0 amide bonds. The molecule has 0 fully saturated rings. The van der Waals surface area contributed by atoms with Gasteiger partial charge >= 0.3 is 5.97 Å². The highest BCUT2D eigenvalue weighted by Gasteiger charge is 2.07. The zero-order valence-electron chi connectivity index (χ0n) is 10.5. The monoisotopic (exact) mass is 234 g/mol. The molecule has 1 heterocycles. The van der Waals surface area contributed by atoms with E-state index >= 15 is 0 Å².